The molecule has 1 unspecified atom stereocenters. The average molecular weight is 574 g/mol. The predicted molar refractivity (Wildman–Crippen MR) is 136 cm³/mol. The largest absolute Gasteiger partial charge is 0.493 e. The molecular weight excluding hydrogens is 550 g/mol. The van der Waals surface area contributed by atoms with Crippen LogP contribution in [0.3, 0.4) is 0 Å². The number of thiazole rings is 1. The molecule has 1 fully saturated rings. The lowest BCUT2D eigenvalue weighted by atomic mass is 9.99. The number of sulfonamides is 1. The smallest absolute Gasteiger partial charge is 0.325 e. The van der Waals surface area contributed by atoms with Gasteiger partial charge >= 0.3 is 5.97 Å². The number of nitrogens with zero attached hydrogens (tertiary/aromatic N) is 3. The Morgan fingerprint density at radius 1 is 1.14 bits per heavy atom. The lowest BCUT2D eigenvalue weighted by Gasteiger charge is -2.29. The summed E-state index contributed by atoms with van der Waals surface area (Å²) < 4.78 is 45.8. The molecule has 1 aliphatic heterocycles. The van der Waals surface area contributed by atoms with E-state index in [2.05, 4.69) is 4.99 Å². The van der Waals surface area contributed by atoms with Crippen molar-refractivity contribution in [1.82, 2.24) is 8.87 Å². The van der Waals surface area contributed by atoms with Crippen LogP contribution in [0.4, 0.5) is 0 Å². The Kier molecular flexibility index (Phi) is 8.05. The van der Waals surface area contributed by atoms with E-state index in [1.54, 1.807) is 16.7 Å². The van der Waals surface area contributed by atoms with Crippen LogP contribution in [-0.2, 0) is 30.9 Å². The first-order chi connectivity index (χ1) is 17.2. The van der Waals surface area contributed by atoms with Gasteiger partial charge in [0.05, 0.1) is 41.8 Å². The summed E-state index contributed by atoms with van der Waals surface area (Å²) in [6.45, 7) is 0.165. The van der Waals surface area contributed by atoms with Gasteiger partial charge in [0.1, 0.15) is 10.8 Å². The van der Waals surface area contributed by atoms with Crippen molar-refractivity contribution in [3.05, 3.63) is 33.4 Å². The second-order valence-electron chi connectivity index (χ2n) is 7.93. The van der Waals surface area contributed by atoms with Crippen molar-refractivity contribution in [2.24, 2.45) is 10.9 Å². The topological polar surface area (TPSA) is 116 Å². The fourth-order valence-electron chi connectivity index (χ4n) is 3.94. The lowest BCUT2D eigenvalue weighted by Crippen LogP contribution is -2.42. The van der Waals surface area contributed by atoms with E-state index < -0.39 is 27.8 Å². The number of piperidine rings is 1. The van der Waals surface area contributed by atoms with E-state index in [9.17, 15) is 18.0 Å². The van der Waals surface area contributed by atoms with E-state index in [1.807, 2.05) is 0 Å². The number of carbonyl (C=O) groups is 2. The standard InChI is InChI=1S/C22H24ClN3O7S3/c1-31-15-9-14-17(10-16(15)32-2)34-22(26(14)12-19(27)33-3)24-21(28)13-5-4-8-25(11-13)36(29,30)20-7-6-18(23)35-20/h6-7,9-10,13H,4-5,8,11-12H2,1-3H3. The summed E-state index contributed by atoms with van der Waals surface area (Å²) in [6, 6.07) is 6.45. The number of fused-ring (bicyclic) bond motifs is 1. The number of aromatic nitrogens is 1. The predicted octanol–water partition coefficient (Wildman–Crippen LogP) is 3.14. The minimum Gasteiger partial charge on any atom is -0.493 e. The number of ether oxygens (including phenoxy) is 3. The van der Waals surface area contributed by atoms with E-state index in [1.165, 1.54) is 49.1 Å². The molecule has 36 heavy (non-hydrogen) atoms. The SMILES string of the molecule is COC(=O)Cn1c(=NC(=O)C2CCCN(S(=O)(=O)c3ccc(Cl)s3)C2)sc2cc(OC)c(OC)cc21. The van der Waals surface area contributed by atoms with Crippen LogP contribution in [0.2, 0.25) is 4.34 Å². The molecule has 2 aromatic heterocycles. The van der Waals surface area contributed by atoms with Gasteiger partial charge in [-0.2, -0.15) is 9.30 Å². The number of halogens is 1. The van der Waals surface area contributed by atoms with Crippen molar-refractivity contribution in [2.75, 3.05) is 34.4 Å². The van der Waals surface area contributed by atoms with Gasteiger partial charge in [-0.15, -0.1) is 11.3 Å². The highest BCUT2D eigenvalue weighted by Crippen LogP contribution is 2.34. The summed E-state index contributed by atoms with van der Waals surface area (Å²) in [5, 5.41) is 0. The Labute approximate surface area is 220 Å². The van der Waals surface area contributed by atoms with Gasteiger partial charge in [-0.25, -0.2) is 8.42 Å². The number of hydrogen-bond acceptors (Lipinski definition) is 9. The van der Waals surface area contributed by atoms with Crippen LogP contribution >= 0.6 is 34.3 Å². The van der Waals surface area contributed by atoms with Gasteiger partial charge in [0, 0.05) is 25.2 Å². The Morgan fingerprint density at radius 2 is 1.86 bits per heavy atom. The zero-order chi connectivity index (χ0) is 26.0. The van der Waals surface area contributed by atoms with E-state index in [-0.39, 0.29) is 17.3 Å². The Balaban J connectivity index is 1.69. The Morgan fingerprint density at radius 3 is 2.50 bits per heavy atom. The van der Waals surface area contributed by atoms with Crippen molar-refractivity contribution < 1.29 is 32.2 Å². The second-order valence-corrected chi connectivity index (χ2v) is 12.8. The first-order valence-corrected chi connectivity index (χ1v) is 14.3. The fourth-order valence-corrected chi connectivity index (χ4v) is 8.15. The number of thiophene rings is 1. The molecule has 3 aromatic rings. The molecule has 194 valence electrons. The molecule has 1 saturated heterocycles. The molecule has 1 aromatic carbocycles. The van der Waals surface area contributed by atoms with Gasteiger partial charge in [0.2, 0.25) is 0 Å². The first-order valence-electron chi connectivity index (χ1n) is 10.8. The molecule has 1 aliphatic rings. The van der Waals surface area contributed by atoms with Gasteiger partial charge in [-0.3, -0.25) is 9.59 Å². The fraction of sp³-hybridized carbons (Fsp3) is 0.409. The number of methoxy groups -OCH3 is 3. The third-order valence-corrected chi connectivity index (χ3v) is 10.4. The highest BCUT2D eigenvalue weighted by Gasteiger charge is 2.34. The summed E-state index contributed by atoms with van der Waals surface area (Å²) in [5.41, 5.74) is 0.622. The Hall–Kier alpha value is -2.45. The maximum atomic E-state index is 13.2. The lowest BCUT2D eigenvalue weighted by molar-refractivity contribution is -0.141. The van der Waals surface area contributed by atoms with Crippen LogP contribution < -0.4 is 14.3 Å². The number of rotatable bonds is 7. The van der Waals surface area contributed by atoms with Crippen molar-refractivity contribution in [3.8, 4) is 11.5 Å². The minimum absolute atomic E-state index is 0.0176. The zero-order valence-electron chi connectivity index (χ0n) is 19.7. The summed E-state index contributed by atoms with van der Waals surface area (Å²) in [7, 11) is 0.535. The van der Waals surface area contributed by atoms with Gasteiger partial charge < -0.3 is 18.8 Å². The van der Waals surface area contributed by atoms with Crippen LogP contribution in [0.15, 0.2) is 33.5 Å². The van der Waals surface area contributed by atoms with Crippen molar-refractivity contribution in [1.29, 1.82) is 0 Å². The molecule has 0 bridgehead atoms. The molecule has 1 amide bonds. The molecule has 4 rings (SSSR count). The molecule has 0 aliphatic carbocycles. The van der Waals surface area contributed by atoms with Crippen molar-refractivity contribution in [3.63, 3.8) is 0 Å². The summed E-state index contributed by atoms with van der Waals surface area (Å²) in [5.74, 6) is -0.631. The highest BCUT2D eigenvalue weighted by atomic mass is 35.5. The molecule has 0 spiro atoms. The highest BCUT2D eigenvalue weighted by molar-refractivity contribution is 7.91. The monoisotopic (exact) mass is 573 g/mol. The van der Waals surface area contributed by atoms with Crippen molar-refractivity contribution in [2.45, 2.75) is 23.6 Å². The normalized spacial score (nSPS) is 17.3. The molecule has 10 nitrogen and oxygen atoms in total. The quantitative estimate of drug-likeness (QED) is 0.399. The zero-order valence-corrected chi connectivity index (χ0v) is 22.9. The third kappa shape index (κ3) is 5.30. The molecule has 14 heteroatoms. The molecule has 0 radical (unpaired) electrons. The second kappa shape index (κ2) is 10.9. The maximum absolute atomic E-state index is 13.2. The first kappa shape index (κ1) is 26.6. The van der Waals surface area contributed by atoms with Gasteiger partial charge in [-0.1, -0.05) is 22.9 Å². The average Bonchev–Trinajstić information content (AvgIpc) is 3.46. The van der Waals surface area contributed by atoms with Gasteiger partial charge in [0.15, 0.2) is 16.3 Å². The number of esters is 1. The van der Waals surface area contributed by atoms with E-state index >= 15 is 0 Å². The van der Waals surface area contributed by atoms with Gasteiger partial charge in [-0.05, 0) is 25.0 Å². The molecular formula is C22H24ClN3O7S3. The van der Waals surface area contributed by atoms with Crippen LogP contribution in [0.5, 0.6) is 11.5 Å². The Bertz CT molecular complexity index is 1480. The minimum atomic E-state index is -3.76. The summed E-state index contributed by atoms with van der Waals surface area (Å²) >= 11 is 8.12. The van der Waals surface area contributed by atoms with Crippen LogP contribution in [0.1, 0.15) is 12.8 Å². The van der Waals surface area contributed by atoms with Crippen LogP contribution in [-0.4, -0.2) is 63.6 Å². The molecule has 1 atom stereocenters. The summed E-state index contributed by atoms with van der Waals surface area (Å²) in [4.78, 5) is 30.0. The van der Waals surface area contributed by atoms with Gasteiger partial charge in [0.25, 0.3) is 15.9 Å². The van der Waals surface area contributed by atoms with Crippen LogP contribution in [0.25, 0.3) is 10.2 Å². The number of amides is 1. The summed E-state index contributed by atoms with van der Waals surface area (Å²) in [6.07, 6.45) is 1.02. The van der Waals surface area contributed by atoms with E-state index in [0.29, 0.717) is 45.5 Å². The number of hydrogen-bond donors (Lipinski definition) is 0. The molecule has 0 N–H and O–H groups in total. The molecule has 3 heterocycles. The number of carbonyl (C=O) groups excluding carboxylic acids is 2. The number of benzene rings is 1. The van der Waals surface area contributed by atoms with Crippen molar-refractivity contribution >= 4 is 66.4 Å². The maximum Gasteiger partial charge on any atom is 0.325 e. The van der Waals surface area contributed by atoms with E-state index in [4.69, 9.17) is 25.8 Å². The van der Waals surface area contributed by atoms with Crippen LogP contribution in [0, 0.1) is 5.92 Å². The van der Waals surface area contributed by atoms with E-state index in [0.717, 1.165) is 16.0 Å². The molecule has 0 saturated carbocycles. The third-order valence-electron chi connectivity index (χ3n) is 5.78.